The maximum Gasteiger partial charge on any atom is 0.271 e. The van der Waals surface area contributed by atoms with Crippen molar-refractivity contribution in [1.29, 1.82) is 0 Å². The van der Waals surface area contributed by atoms with Crippen molar-refractivity contribution in [2.24, 2.45) is 0 Å². The molecule has 9 heteroatoms. The number of nitrogens with zero attached hydrogens (tertiary/aromatic N) is 3. The molecule has 0 aliphatic rings. The smallest absolute Gasteiger partial charge is 0.271 e. The van der Waals surface area contributed by atoms with Crippen LogP contribution < -0.4 is 5.32 Å². The number of hydrogen-bond donors (Lipinski definition) is 1. The number of para-hydroxylation sites is 3. The zero-order valence-electron chi connectivity index (χ0n) is 15.5. The van der Waals surface area contributed by atoms with E-state index in [2.05, 4.69) is 10.3 Å². The van der Waals surface area contributed by atoms with Crippen LogP contribution in [0.2, 0.25) is 5.02 Å². The van der Waals surface area contributed by atoms with Crippen LogP contribution in [0, 0.1) is 10.1 Å². The maximum absolute atomic E-state index is 12.5. The number of fused-ring (bicyclic) bond motifs is 1. The summed E-state index contributed by atoms with van der Waals surface area (Å²) in [6.45, 7) is 0. The third kappa shape index (κ3) is 4.14. The topological polar surface area (TPSA) is 90.1 Å². The number of carbonyl (C=O) groups is 1. The average molecular weight is 439 g/mol. The molecule has 4 rings (SSSR count). The molecule has 0 bridgehead atoms. The van der Waals surface area contributed by atoms with Crippen molar-refractivity contribution in [3.05, 3.63) is 87.9 Å². The van der Waals surface area contributed by atoms with E-state index in [0.29, 0.717) is 5.16 Å². The summed E-state index contributed by atoms with van der Waals surface area (Å²) in [5, 5.41) is 14.5. The molecular formula is C21H15ClN4O3S. The first-order chi connectivity index (χ1) is 14.5. The second-order valence-electron chi connectivity index (χ2n) is 6.31. The fourth-order valence-electron chi connectivity index (χ4n) is 2.97. The first kappa shape index (κ1) is 19.9. The number of amides is 1. The fourth-order valence-corrected chi connectivity index (χ4v) is 3.96. The van der Waals surface area contributed by atoms with Gasteiger partial charge in [-0.15, -0.1) is 0 Å². The molecule has 4 aromatic rings. The lowest BCUT2D eigenvalue weighted by atomic mass is 10.3. The van der Waals surface area contributed by atoms with Gasteiger partial charge in [0.15, 0.2) is 5.16 Å². The van der Waals surface area contributed by atoms with E-state index >= 15 is 0 Å². The van der Waals surface area contributed by atoms with Gasteiger partial charge in [-0.1, -0.05) is 53.7 Å². The molecule has 30 heavy (non-hydrogen) atoms. The summed E-state index contributed by atoms with van der Waals surface area (Å²) < 4.78 is 1.99. The van der Waals surface area contributed by atoms with Crippen LogP contribution in [0.4, 0.5) is 11.4 Å². The molecule has 1 N–H and O–H groups in total. The lowest BCUT2D eigenvalue weighted by Crippen LogP contribution is -2.15. The standard InChI is InChI=1S/C21H15ClN4O3S/c22-16-11-10-15(26(28)29)12-18(16)23-20(27)13-30-21-24-17-8-4-5-9-19(17)25(21)14-6-2-1-3-7-14/h1-12H,13H2,(H,23,27). The summed E-state index contributed by atoms with van der Waals surface area (Å²) in [7, 11) is 0. The van der Waals surface area contributed by atoms with Gasteiger partial charge in [0.1, 0.15) is 0 Å². The Bertz CT molecular complexity index is 1240. The van der Waals surface area contributed by atoms with Gasteiger partial charge >= 0.3 is 0 Å². The van der Waals surface area contributed by atoms with Gasteiger partial charge in [-0.05, 0) is 30.3 Å². The minimum Gasteiger partial charge on any atom is -0.324 e. The van der Waals surface area contributed by atoms with E-state index in [1.54, 1.807) is 0 Å². The van der Waals surface area contributed by atoms with Crippen LogP contribution in [0.5, 0.6) is 0 Å². The van der Waals surface area contributed by atoms with Crippen LogP contribution in [0.15, 0.2) is 78.0 Å². The van der Waals surface area contributed by atoms with E-state index in [-0.39, 0.29) is 28.1 Å². The minimum atomic E-state index is -0.539. The van der Waals surface area contributed by atoms with Crippen LogP contribution in [-0.2, 0) is 4.79 Å². The summed E-state index contributed by atoms with van der Waals surface area (Å²) in [4.78, 5) is 27.6. The van der Waals surface area contributed by atoms with E-state index in [1.165, 1.54) is 30.0 Å². The molecule has 0 fully saturated rings. The highest BCUT2D eigenvalue weighted by Gasteiger charge is 2.16. The predicted molar refractivity (Wildman–Crippen MR) is 119 cm³/mol. The Kier molecular flexibility index (Phi) is 5.69. The van der Waals surface area contributed by atoms with Crippen molar-refractivity contribution in [1.82, 2.24) is 9.55 Å². The number of anilines is 1. The lowest BCUT2D eigenvalue weighted by Gasteiger charge is -2.10. The highest BCUT2D eigenvalue weighted by atomic mass is 35.5. The molecule has 0 radical (unpaired) electrons. The molecule has 1 heterocycles. The lowest BCUT2D eigenvalue weighted by molar-refractivity contribution is -0.384. The van der Waals surface area contributed by atoms with Gasteiger partial charge in [0, 0.05) is 17.8 Å². The highest BCUT2D eigenvalue weighted by Crippen LogP contribution is 2.29. The number of rotatable bonds is 6. The van der Waals surface area contributed by atoms with E-state index in [1.807, 2.05) is 59.2 Å². The van der Waals surface area contributed by atoms with E-state index in [0.717, 1.165) is 16.7 Å². The third-order valence-electron chi connectivity index (χ3n) is 4.31. The van der Waals surface area contributed by atoms with Gasteiger partial charge in [-0.2, -0.15) is 0 Å². The monoisotopic (exact) mass is 438 g/mol. The molecule has 3 aromatic carbocycles. The molecular weight excluding hydrogens is 424 g/mol. The molecule has 0 aliphatic heterocycles. The molecule has 0 unspecified atom stereocenters. The number of nitrogens with one attached hydrogen (secondary N) is 1. The molecule has 150 valence electrons. The molecule has 1 amide bonds. The Morgan fingerprint density at radius 1 is 1.10 bits per heavy atom. The summed E-state index contributed by atoms with van der Waals surface area (Å²) in [5.41, 5.74) is 2.76. The number of aromatic nitrogens is 2. The van der Waals surface area contributed by atoms with Crippen LogP contribution in [0.3, 0.4) is 0 Å². The van der Waals surface area contributed by atoms with Gasteiger partial charge in [-0.3, -0.25) is 19.5 Å². The van der Waals surface area contributed by atoms with Crippen molar-refractivity contribution < 1.29 is 9.72 Å². The molecule has 0 aliphatic carbocycles. The summed E-state index contributed by atoms with van der Waals surface area (Å²) in [6, 6.07) is 21.4. The van der Waals surface area contributed by atoms with Gasteiger partial charge in [0.25, 0.3) is 5.69 Å². The molecule has 0 saturated carbocycles. The zero-order valence-corrected chi connectivity index (χ0v) is 17.1. The Labute approximate surface area is 180 Å². The highest BCUT2D eigenvalue weighted by molar-refractivity contribution is 7.99. The minimum absolute atomic E-state index is 0.0647. The Hall–Kier alpha value is -3.36. The van der Waals surface area contributed by atoms with Crippen LogP contribution >= 0.6 is 23.4 Å². The first-order valence-electron chi connectivity index (χ1n) is 8.92. The molecule has 1 aromatic heterocycles. The summed E-state index contributed by atoms with van der Waals surface area (Å²) >= 11 is 7.33. The summed E-state index contributed by atoms with van der Waals surface area (Å²) in [5.74, 6) is -0.274. The van der Waals surface area contributed by atoms with Crippen molar-refractivity contribution in [3.8, 4) is 5.69 Å². The molecule has 0 spiro atoms. The number of nitro benzene ring substituents is 1. The SMILES string of the molecule is O=C(CSc1nc2ccccc2n1-c1ccccc1)Nc1cc([N+](=O)[O-])ccc1Cl. The predicted octanol–water partition coefficient (Wildman–Crippen LogP) is 5.32. The third-order valence-corrected chi connectivity index (χ3v) is 5.58. The number of imidazole rings is 1. The quantitative estimate of drug-likeness (QED) is 0.250. The van der Waals surface area contributed by atoms with Crippen LogP contribution in [0.1, 0.15) is 0 Å². The molecule has 7 nitrogen and oxygen atoms in total. The number of thioether (sulfide) groups is 1. The van der Waals surface area contributed by atoms with Crippen LogP contribution in [-0.4, -0.2) is 26.1 Å². The number of nitro groups is 1. The second-order valence-corrected chi connectivity index (χ2v) is 7.66. The average Bonchev–Trinajstić information content (AvgIpc) is 3.12. The van der Waals surface area contributed by atoms with Crippen molar-refractivity contribution in [3.63, 3.8) is 0 Å². The summed E-state index contributed by atoms with van der Waals surface area (Å²) in [6.07, 6.45) is 0. The number of halogens is 1. The normalized spacial score (nSPS) is 10.8. The number of carbonyl (C=O) groups excluding carboxylic acids is 1. The number of non-ortho nitro benzene ring substituents is 1. The largest absolute Gasteiger partial charge is 0.324 e. The Morgan fingerprint density at radius 2 is 1.83 bits per heavy atom. The van der Waals surface area contributed by atoms with Crippen molar-refractivity contribution >= 4 is 51.7 Å². The van der Waals surface area contributed by atoms with Crippen molar-refractivity contribution in [2.75, 3.05) is 11.1 Å². The van der Waals surface area contributed by atoms with E-state index < -0.39 is 4.92 Å². The molecule has 0 saturated heterocycles. The fraction of sp³-hybridized carbons (Fsp3) is 0.0476. The maximum atomic E-state index is 12.5. The Morgan fingerprint density at radius 3 is 2.60 bits per heavy atom. The number of benzene rings is 3. The zero-order chi connectivity index (χ0) is 21.1. The van der Waals surface area contributed by atoms with Gasteiger partial charge in [-0.25, -0.2) is 4.98 Å². The van der Waals surface area contributed by atoms with E-state index in [9.17, 15) is 14.9 Å². The molecule has 0 atom stereocenters. The van der Waals surface area contributed by atoms with Gasteiger partial charge < -0.3 is 5.32 Å². The van der Waals surface area contributed by atoms with E-state index in [4.69, 9.17) is 11.6 Å². The Balaban J connectivity index is 1.57. The first-order valence-corrected chi connectivity index (χ1v) is 10.3. The van der Waals surface area contributed by atoms with Crippen molar-refractivity contribution in [2.45, 2.75) is 5.16 Å². The van der Waals surface area contributed by atoms with Gasteiger partial charge in [0.05, 0.1) is 32.4 Å². The van der Waals surface area contributed by atoms with Crippen LogP contribution in [0.25, 0.3) is 16.7 Å². The van der Waals surface area contributed by atoms with Gasteiger partial charge in [0.2, 0.25) is 5.91 Å². The second kappa shape index (κ2) is 8.56. The number of hydrogen-bond acceptors (Lipinski definition) is 5.